The Morgan fingerprint density at radius 2 is 1.37 bits per heavy atom. The molecule has 13 nitrogen and oxygen atoms in total. The van der Waals surface area contributed by atoms with Gasteiger partial charge in [0.25, 0.3) is 0 Å². The Morgan fingerprint density at radius 1 is 0.833 bits per heavy atom. The van der Waals surface area contributed by atoms with Crippen LogP contribution in [0, 0.1) is 5.92 Å². The summed E-state index contributed by atoms with van der Waals surface area (Å²) in [5, 5.41) is 24.7. The summed E-state index contributed by atoms with van der Waals surface area (Å²) in [7, 11) is 0. The number of carbonyl (C=O) groups excluding carboxylic acids is 4. The summed E-state index contributed by atoms with van der Waals surface area (Å²) in [6, 6.07) is -5.07. The third-order valence-electron chi connectivity index (χ3n) is 3.96. The summed E-state index contributed by atoms with van der Waals surface area (Å²) in [5.74, 6) is -6.55. The Bertz CT molecular complexity index is 679. The van der Waals surface area contributed by atoms with Crippen LogP contribution in [-0.4, -0.2) is 69.9 Å². The van der Waals surface area contributed by atoms with Crippen LogP contribution in [0.1, 0.15) is 40.0 Å². The SMILES string of the molecule is CC(N)C(=O)NC(CC(N)=O)C(=O)NC(C(=O)NC(CCC(=O)O)C(=O)O)C(C)C. The third-order valence-corrected chi connectivity index (χ3v) is 3.96. The number of aliphatic carboxylic acids is 2. The van der Waals surface area contributed by atoms with Crippen molar-refractivity contribution in [3.63, 3.8) is 0 Å². The van der Waals surface area contributed by atoms with Crippen LogP contribution >= 0.6 is 0 Å². The first-order valence-corrected chi connectivity index (χ1v) is 9.15. The van der Waals surface area contributed by atoms with E-state index in [1.165, 1.54) is 6.92 Å². The molecule has 0 aliphatic carbocycles. The van der Waals surface area contributed by atoms with Crippen molar-refractivity contribution in [1.82, 2.24) is 16.0 Å². The quantitative estimate of drug-likeness (QED) is 0.160. The number of carbonyl (C=O) groups is 6. The molecular formula is C17H29N5O8. The maximum atomic E-state index is 12.5. The zero-order valence-corrected chi connectivity index (χ0v) is 17.0. The zero-order chi connectivity index (χ0) is 23.6. The molecule has 0 spiro atoms. The first kappa shape index (κ1) is 26.8. The van der Waals surface area contributed by atoms with E-state index < -0.39 is 78.5 Å². The van der Waals surface area contributed by atoms with Gasteiger partial charge in [0, 0.05) is 6.42 Å². The van der Waals surface area contributed by atoms with E-state index in [0.717, 1.165) is 0 Å². The third kappa shape index (κ3) is 9.82. The summed E-state index contributed by atoms with van der Waals surface area (Å²) < 4.78 is 0. The van der Waals surface area contributed by atoms with Gasteiger partial charge in [0.2, 0.25) is 23.6 Å². The molecule has 0 aliphatic heterocycles. The molecule has 0 bridgehead atoms. The number of rotatable bonds is 13. The van der Waals surface area contributed by atoms with E-state index in [1.54, 1.807) is 13.8 Å². The molecular weight excluding hydrogens is 402 g/mol. The van der Waals surface area contributed by atoms with E-state index in [-0.39, 0.29) is 6.42 Å². The summed E-state index contributed by atoms with van der Waals surface area (Å²) in [6.07, 6.45) is -1.39. The van der Waals surface area contributed by atoms with Crippen LogP contribution in [-0.2, 0) is 28.8 Å². The summed E-state index contributed by atoms with van der Waals surface area (Å²) in [4.78, 5) is 70.0. The number of hydrogen-bond acceptors (Lipinski definition) is 7. The highest BCUT2D eigenvalue weighted by Gasteiger charge is 2.32. The second-order valence-electron chi connectivity index (χ2n) is 7.08. The normalized spacial score (nSPS) is 14.7. The topological polar surface area (TPSA) is 231 Å². The largest absolute Gasteiger partial charge is 0.481 e. The lowest BCUT2D eigenvalue weighted by Crippen LogP contribution is -2.58. The van der Waals surface area contributed by atoms with Gasteiger partial charge in [0.15, 0.2) is 0 Å². The minimum atomic E-state index is -1.48. The monoisotopic (exact) mass is 431 g/mol. The fourth-order valence-corrected chi connectivity index (χ4v) is 2.29. The molecule has 13 heteroatoms. The molecule has 4 atom stereocenters. The Kier molecular flexibility index (Phi) is 11.0. The Labute approximate surface area is 172 Å². The van der Waals surface area contributed by atoms with E-state index in [4.69, 9.17) is 16.6 Å². The van der Waals surface area contributed by atoms with Gasteiger partial charge in [-0.15, -0.1) is 0 Å². The van der Waals surface area contributed by atoms with E-state index in [0.29, 0.717) is 0 Å². The minimum absolute atomic E-state index is 0.357. The molecule has 0 heterocycles. The second-order valence-corrected chi connectivity index (χ2v) is 7.08. The van der Waals surface area contributed by atoms with Gasteiger partial charge in [-0.3, -0.25) is 24.0 Å². The summed E-state index contributed by atoms with van der Waals surface area (Å²) >= 11 is 0. The molecule has 9 N–H and O–H groups in total. The lowest BCUT2D eigenvalue weighted by atomic mass is 10.0. The summed E-state index contributed by atoms with van der Waals surface area (Å²) in [5.41, 5.74) is 10.5. The number of primary amides is 1. The van der Waals surface area contributed by atoms with E-state index >= 15 is 0 Å². The van der Waals surface area contributed by atoms with Gasteiger partial charge in [-0.25, -0.2) is 4.79 Å². The predicted octanol–water partition coefficient (Wildman–Crippen LogP) is -2.73. The van der Waals surface area contributed by atoms with Crippen molar-refractivity contribution >= 4 is 35.6 Å². The van der Waals surface area contributed by atoms with Gasteiger partial charge in [-0.2, -0.15) is 0 Å². The molecule has 4 unspecified atom stereocenters. The average molecular weight is 431 g/mol. The molecule has 0 saturated heterocycles. The standard InChI is InChI=1S/C17H29N5O8/c1-7(2)13(16(28)20-9(17(29)30)4-5-12(24)25)22-15(27)10(6-11(19)23)21-14(26)8(3)18/h7-10,13H,4-6,18H2,1-3H3,(H2,19,23)(H,20,28)(H,21,26)(H,22,27)(H,24,25)(H,29,30). The van der Waals surface area contributed by atoms with Crippen LogP contribution in [0.2, 0.25) is 0 Å². The van der Waals surface area contributed by atoms with Crippen molar-refractivity contribution in [1.29, 1.82) is 0 Å². The smallest absolute Gasteiger partial charge is 0.326 e. The van der Waals surface area contributed by atoms with Crippen LogP contribution < -0.4 is 27.4 Å². The van der Waals surface area contributed by atoms with Crippen molar-refractivity contribution in [2.75, 3.05) is 0 Å². The maximum Gasteiger partial charge on any atom is 0.326 e. The first-order chi connectivity index (χ1) is 13.8. The molecule has 0 aromatic heterocycles. The average Bonchev–Trinajstić information content (AvgIpc) is 2.60. The second kappa shape index (κ2) is 12.4. The molecule has 0 aromatic rings. The number of carboxylic acids is 2. The van der Waals surface area contributed by atoms with Gasteiger partial charge in [0.05, 0.1) is 12.5 Å². The number of hydrogen-bond donors (Lipinski definition) is 7. The van der Waals surface area contributed by atoms with Gasteiger partial charge in [0.1, 0.15) is 18.1 Å². The maximum absolute atomic E-state index is 12.5. The highest BCUT2D eigenvalue weighted by Crippen LogP contribution is 2.06. The van der Waals surface area contributed by atoms with Crippen molar-refractivity contribution in [2.45, 2.75) is 64.2 Å². The first-order valence-electron chi connectivity index (χ1n) is 9.15. The van der Waals surface area contributed by atoms with Crippen LogP contribution in [0.3, 0.4) is 0 Å². The molecule has 0 rings (SSSR count). The van der Waals surface area contributed by atoms with Gasteiger partial charge < -0.3 is 37.6 Å². The van der Waals surface area contributed by atoms with Crippen LogP contribution in [0.25, 0.3) is 0 Å². The summed E-state index contributed by atoms with van der Waals surface area (Å²) in [6.45, 7) is 4.50. The molecule has 0 aromatic carbocycles. The molecule has 170 valence electrons. The highest BCUT2D eigenvalue weighted by molar-refractivity contribution is 5.96. The molecule has 0 aliphatic rings. The van der Waals surface area contributed by atoms with E-state index in [2.05, 4.69) is 16.0 Å². The molecule has 0 saturated carbocycles. The van der Waals surface area contributed by atoms with E-state index in [9.17, 15) is 33.9 Å². The van der Waals surface area contributed by atoms with Crippen molar-refractivity contribution in [3.05, 3.63) is 0 Å². The van der Waals surface area contributed by atoms with Crippen LogP contribution in [0.15, 0.2) is 0 Å². The highest BCUT2D eigenvalue weighted by atomic mass is 16.4. The lowest BCUT2D eigenvalue weighted by Gasteiger charge is -2.26. The minimum Gasteiger partial charge on any atom is -0.481 e. The fourth-order valence-electron chi connectivity index (χ4n) is 2.29. The van der Waals surface area contributed by atoms with Crippen molar-refractivity contribution in [2.24, 2.45) is 17.4 Å². The number of amides is 4. The van der Waals surface area contributed by atoms with Crippen molar-refractivity contribution in [3.8, 4) is 0 Å². The van der Waals surface area contributed by atoms with E-state index in [1.807, 2.05) is 0 Å². The lowest BCUT2D eigenvalue weighted by molar-refractivity contribution is -0.144. The molecule has 0 radical (unpaired) electrons. The molecule has 30 heavy (non-hydrogen) atoms. The number of carboxylic acid groups (broad SMARTS) is 2. The molecule has 0 fully saturated rings. The number of nitrogens with two attached hydrogens (primary N) is 2. The fraction of sp³-hybridized carbons (Fsp3) is 0.647. The number of nitrogens with one attached hydrogen (secondary N) is 3. The Morgan fingerprint density at radius 3 is 1.77 bits per heavy atom. The Balaban J connectivity index is 5.36. The van der Waals surface area contributed by atoms with Crippen LogP contribution in [0.5, 0.6) is 0 Å². The van der Waals surface area contributed by atoms with Crippen molar-refractivity contribution < 1.29 is 39.0 Å². The Hall–Kier alpha value is -3.22. The zero-order valence-electron chi connectivity index (χ0n) is 17.0. The predicted molar refractivity (Wildman–Crippen MR) is 103 cm³/mol. The van der Waals surface area contributed by atoms with Gasteiger partial charge in [-0.05, 0) is 19.3 Å². The van der Waals surface area contributed by atoms with Gasteiger partial charge in [-0.1, -0.05) is 13.8 Å². The van der Waals surface area contributed by atoms with Gasteiger partial charge >= 0.3 is 11.9 Å². The van der Waals surface area contributed by atoms with Crippen LogP contribution in [0.4, 0.5) is 0 Å². The molecule has 4 amide bonds.